The highest BCUT2D eigenvalue weighted by Crippen LogP contribution is 2.35. The molecule has 0 saturated carbocycles. The third-order valence-electron chi connectivity index (χ3n) is 8.62. The van der Waals surface area contributed by atoms with Gasteiger partial charge in [0.15, 0.2) is 11.5 Å². The summed E-state index contributed by atoms with van der Waals surface area (Å²) >= 11 is 0. The van der Waals surface area contributed by atoms with Gasteiger partial charge in [-0.25, -0.2) is 4.98 Å². The summed E-state index contributed by atoms with van der Waals surface area (Å²) in [6, 6.07) is 19.9. The Morgan fingerprint density at radius 2 is 1.81 bits per heavy atom. The van der Waals surface area contributed by atoms with Crippen molar-refractivity contribution in [1.29, 1.82) is 0 Å². The van der Waals surface area contributed by atoms with Crippen LogP contribution in [0.1, 0.15) is 51.9 Å². The lowest BCUT2D eigenvalue weighted by Crippen LogP contribution is -2.38. The molecule has 0 radical (unpaired) electrons. The monoisotopic (exact) mass is 565 g/mol. The van der Waals surface area contributed by atoms with E-state index in [1.54, 1.807) is 13.2 Å². The largest absolute Gasteiger partial charge is 0.497 e. The number of methoxy groups -OCH3 is 1. The van der Waals surface area contributed by atoms with Crippen molar-refractivity contribution < 1.29 is 24.1 Å². The molecule has 1 fully saturated rings. The molecule has 2 aliphatic heterocycles. The molecule has 3 aliphatic rings. The first kappa shape index (κ1) is 26.6. The highest BCUT2D eigenvalue weighted by atomic mass is 16.7. The maximum atomic E-state index is 14.2. The zero-order valence-electron chi connectivity index (χ0n) is 23.8. The van der Waals surface area contributed by atoms with Gasteiger partial charge < -0.3 is 29.1 Å². The standard InChI is InChI=1S/C34H35N3O5/c1-40-29-7-3-6-25(17-29)34(39)37(19-22-8-9-31-32(14-22)42-21-41-31)20-27-16-26-15-23-4-2-5-24(23)18-30(26)35-33(27)36-12-10-28(38)11-13-36/h3,6-9,14-18,28,38H,2,4-5,10-13,19-21H2,1H3. The predicted molar refractivity (Wildman–Crippen MR) is 160 cm³/mol. The van der Waals surface area contributed by atoms with Crippen LogP contribution in [-0.4, -0.2) is 54.0 Å². The third kappa shape index (κ3) is 5.23. The maximum Gasteiger partial charge on any atom is 0.254 e. The molecule has 0 atom stereocenters. The minimum absolute atomic E-state index is 0.0966. The zero-order chi connectivity index (χ0) is 28.6. The molecule has 1 aromatic heterocycles. The summed E-state index contributed by atoms with van der Waals surface area (Å²) in [7, 11) is 1.60. The number of amides is 1. The molecule has 1 aliphatic carbocycles. The van der Waals surface area contributed by atoms with Gasteiger partial charge >= 0.3 is 0 Å². The lowest BCUT2D eigenvalue weighted by atomic mass is 10.0. The van der Waals surface area contributed by atoms with Crippen LogP contribution in [-0.2, 0) is 25.9 Å². The molecule has 0 bridgehead atoms. The summed E-state index contributed by atoms with van der Waals surface area (Å²) in [5.41, 5.74) is 6.28. The van der Waals surface area contributed by atoms with Crippen LogP contribution in [0.15, 0.2) is 60.7 Å². The summed E-state index contributed by atoms with van der Waals surface area (Å²) in [4.78, 5) is 23.5. The van der Waals surface area contributed by atoms with Crippen molar-refractivity contribution in [3.8, 4) is 17.2 Å². The lowest BCUT2D eigenvalue weighted by Gasteiger charge is -2.33. The number of ether oxygens (including phenoxy) is 3. The molecule has 1 N–H and O–H groups in total. The number of pyridine rings is 1. The van der Waals surface area contributed by atoms with Crippen molar-refractivity contribution in [2.45, 2.75) is 51.3 Å². The average molecular weight is 566 g/mol. The summed E-state index contributed by atoms with van der Waals surface area (Å²) in [6.07, 6.45) is 4.48. The number of rotatable bonds is 7. The molecule has 216 valence electrons. The van der Waals surface area contributed by atoms with Gasteiger partial charge in [-0.2, -0.15) is 0 Å². The van der Waals surface area contributed by atoms with Gasteiger partial charge in [0.1, 0.15) is 11.6 Å². The number of aromatic nitrogens is 1. The Morgan fingerprint density at radius 3 is 2.64 bits per heavy atom. The number of carbonyl (C=O) groups is 1. The van der Waals surface area contributed by atoms with Gasteiger partial charge in [0.2, 0.25) is 6.79 Å². The number of piperidine rings is 1. The number of fused-ring (bicyclic) bond motifs is 3. The first-order valence-corrected chi connectivity index (χ1v) is 14.7. The van der Waals surface area contributed by atoms with Gasteiger partial charge in [0, 0.05) is 42.7 Å². The quantitative estimate of drug-likeness (QED) is 0.327. The molecular formula is C34H35N3O5. The predicted octanol–water partition coefficient (Wildman–Crippen LogP) is 5.26. The van der Waals surface area contributed by atoms with Crippen LogP contribution >= 0.6 is 0 Å². The second-order valence-corrected chi connectivity index (χ2v) is 11.4. The average Bonchev–Trinajstić information content (AvgIpc) is 3.68. The topological polar surface area (TPSA) is 84.4 Å². The molecular weight excluding hydrogens is 530 g/mol. The van der Waals surface area contributed by atoms with E-state index in [1.165, 1.54) is 17.5 Å². The molecule has 0 spiro atoms. The van der Waals surface area contributed by atoms with Crippen LogP contribution in [0.5, 0.6) is 17.2 Å². The smallest absolute Gasteiger partial charge is 0.254 e. The van der Waals surface area contributed by atoms with Crippen LogP contribution in [0, 0.1) is 0 Å². The molecule has 3 heterocycles. The Hall–Kier alpha value is -4.30. The Labute approximate surface area is 245 Å². The van der Waals surface area contributed by atoms with E-state index in [0.717, 1.165) is 53.8 Å². The molecule has 3 aromatic carbocycles. The zero-order valence-corrected chi connectivity index (χ0v) is 23.8. The van der Waals surface area contributed by atoms with Crippen LogP contribution in [0.2, 0.25) is 0 Å². The fraction of sp³-hybridized carbons (Fsp3) is 0.353. The van der Waals surface area contributed by atoms with E-state index in [4.69, 9.17) is 19.2 Å². The molecule has 1 saturated heterocycles. The molecule has 42 heavy (non-hydrogen) atoms. The van der Waals surface area contributed by atoms with Crippen molar-refractivity contribution in [3.63, 3.8) is 0 Å². The molecule has 7 rings (SSSR count). The van der Waals surface area contributed by atoms with Crippen LogP contribution in [0.4, 0.5) is 5.82 Å². The van der Waals surface area contributed by atoms with E-state index in [1.807, 2.05) is 41.3 Å². The van der Waals surface area contributed by atoms with Gasteiger partial charge in [0.05, 0.1) is 18.7 Å². The number of benzene rings is 3. The van der Waals surface area contributed by atoms with E-state index >= 15 is 0 Å². The molecule has 4 aromatic rings. The van der Waals surface area contributed by atoms with Crippen LogP contribution in [0.25, 0.3) is 10.9 Å². The van der Waals surface area contributed by atoms with Gasteiger partial charge in [-0.15, -0.1) is 0 Å². The lowest BCUT2D eigenvalue weighted by molar-refractivity contribution is 0.0729. The third-order valence-corrected chi connectivity index (χ3v) is 8.62. The first-order valence-electron chi connectivity index (χ1n) is 14.7. The Bertz CT molecular complexity index is 1650. The minimum atomic E-state index is -0.287. The van der Waals surface area contributed by atoms with Crippen molar-refractivity contribution in [2.75, 3.05) is 31.9 Å². The van der Waals surface area contributed by atoms with Crippen molar-refractivity contribution >= 4 is 22.6 Å². The van der Waals surface area contributed by atoms with E-state index in [0.29, 0.717) is 48.7 Å². The van der Waals surface area contributed by atoms with Gasteiger partial charge in [-0.05, 0) is 97.3 Å². The van der Waals surface area contributed by atoms with E-state index in [9.17, 15) is 9.90 Å². The normalized spacial score (nSPS) is 16.1. The van der Waals surface area contributed by atoms with Crippen LogP contribution in [0.3, 0.4) is 0 Å². The SMILES string of the molecule is COc1cccc(C(=O)N(Cc2ccc3c(c2)OCO3)Cc2cc3cc4c(cc3nc2N2CCC(O)CC2)CCC4)c1. The molecule has 8 nitrogen and oxygen atoms in total. The number of carbonyl (C=O) groups excluding carboxylic acids is 1. The summed E-state index contributed by atoms with van der Waals surface area (Å²) in [5.74, 6) is 2.83. The number of aliphatic hydroxyl groups excluding tert-OH is 1. The number of hydrogen-bond acceptors (Lipinski definition) is 7. The molecule has 1 amide bonds. The van der Waals surface area contributed by atoms with E-state index < -0.39 is 0 Å². The Morgan fingerprint density at radius 1 is 1.00 bits per heavy atom. The summed E-state index contributed by atoms with van der Waals surface area (Å²) in [6.45, 7) is 2.41. The van der Waals surface area contributed by atoms with Gasteiger partial charge in [-0.3, -0.25) is 4.79 Å². The number of aliphatic hydroxyl groups is 1. The second-order valence-electron chi connectivity index (χ2n) is 11.4. The van der Waals surface area contributed by atoms with E-state index in [-0.39, 0.29) is 18.8 Å². The van der Waals surface area contributed by atoms with Crippen molar-refractivity contribution in [3.05, 3.63) is 88.5 Å². The van der Waals surface area contributed by atoms with Gasteiger partial charge in [-0.1, -0.05) is 12.1 Å². The van der Waals surface area contributed by atoms with Gasteiger partial charge in [0.25, 0.3) is 5.91 Å². The fourth-order valence-corrected chi connectivity index (χ4v) is 6.35. The number of anilines is 1. The number of hydrogen-bond donors (Lipinski definition) is 1. The molecule has 0 unspecified atom stereocenters. The first-order chi connectivity index (χ1) is 20.5. The highest BCUT2D eigenvalue weighted by Gasteiger charge is 2.26. The number of aryl methyl sites for hydroxylation is 2. The Balaban J connectivity index is 1.29. The second kappa shape index (κ2) is 11.2. The Kier molecular flexibility index (Phi) is 7.07. The highest BCUT2D eigenvalue weighted by molar-refractivity contribution is 5.95. The maximum absolute atomic E-state index is 14.2. The van der Waals surface area contributed by atoms with Crippen molar-refractivity contribution in [1.82, 2.24) is 9.88 Å². The fourth-order valence-electron chi connectivity index (χ4n) is 6.35. The summed E-state index contributed by atoms with van der Waals surface area (Å²) in [5, 5.41) is 11.3. The summed E-state index contributed by atoms with van der Waals surface area (Å²) < 4.78 is 16.6. The molecule has 8 heteroatoms. The van der Waals surface area contributed by atoms with Crippen LogP contribution < -0.4 is 19.1 Å². The van der Waals surface area contributed by atoms with E-state index in [2.05, 4.69) is 23.1 Å². The minimum Gasteiger partial charge on any atom is -0.497 e. The van der Waals surface area contributed by atoms with Crippen molar-refractivity contribution in [2.24, 2.45) is 0 Å². The number of nitrogens with zero attached hydrogens (tertiary/aromatic N) is 3.